The van der Waals surface area contributed by atoms with E-state index >= 15 is 0 Å². The minimum Gasteiger partial charge on any atom is -0.352 e. The maximum absolute atomic E-state index is 12.2. The van der Waals surface area contributed by atoms with Crippen LogP contribution >= 0.6 is 11.3 Å². The van der Waals surface area contributed by atoms with Gasteiger partial charge in [-0.25, -0.2) is 4.79 Å². The highest BCUT2D eigenvalue weighted by atomic mass is 32.1. The summed E-state index contributed by atoms with van der Waals surface area (Å²) in [5.74, 6) is -0.147. The molecule has 0 fully saturated rings. The molecule has 1 heterocycles. The van der Waals surface area contributed by atoms with Crippen LogP contribution in [0.2, 0.25) is 0 Å². The second kappa shape index (κ2) is 9.09. The number of carbonyl (C=O) groups excluding carboxylic acids is 2. The summed E-state index contributed by atoms with van der Waals surface area (Å²) in [6.07, 6.45) is 0.116. The van der Waals surface area contributed by atoms with Crippen molar-refractivity contribution in [3.05, 3.63) is 70.2 Å². The molecule has 0 bridgehead atoms. The molecule has 0 aliphatic heterocycles. The summed E-state index contributed by atoms with van der Waals surface area (Å²) in [5, 5.41) is 17.1. The molecule has 1 aromatic heterocycles. The van der Waals surface area contributed by atoms with Gasteiger partial charge in [-0.15, -0.1) is 10.2 Å². The fourth-order valence-electron chi connectivity index (χ4n) is 2.49. The van der Waals surface area contributed by atoms with Crippen molar-refractivity contribution in [2.75, 3.05) is 10.6 Å². The first kappa shape index (κ1) is 19.5. The van der Waals surface area contributed by atoms with E-state index in [0.29, 0.717) is 16.7 Å². The molecular formula is C20H21N5O2S. The molecule has 0 unspecified atom stereocenters. The van der Waals surface area contributed by atoms with Gasteiger partial charge in [0.05, 0.1) is 6.42 Å². The predicted octanol–water partition coefficient (Wildman–Crippen LogP) is 3.66. The first-order valence-electron chi connectivity index (χ1n) is 8.78. The van der Waals surface area contributed by atoms with Crippen LogP contribution in [0, 0.1) is 13.8 Å². The molecule has 0 saturated heterocycles. The van der Waals surface area contributed by atoms with Crippen molar-refractivity contribution < 1.29 is 9.59 Å². The summed E-state index contributed by atoms with van der Waals surface area (Å²) >= 11 is 1.17. The van der Waals surface area contributed by atoms with Crippen LogP contribution in [0.15, 0.2) is 48.5 Å². The van der Waals surface area contributed by atoms with E-state index in [-0.39, 0.29) is 12.3 Å². The van der Waals surface area contributed by atoms with E-state index in [1.165, 1.54) is 11.3 Å². The summed E-state index contributed by atoms with van der Waals surface area (Å²) in [7, 11) is 0. The van der Waals surface area contributed by atoms with Gasteiger partial charge in [-0.1, -0.05) is 53.8 Å². The molecule has 0 spiro atoms. The summed E-state index contributed by atoms with van der Waals surface area (Å²) in [4.78, 5) is 24.2. The van der Waals surface area contributed by atoms with E-state index in [1.807, 2.05) is 62.4 Å². The van der Waals surface area contributed by atoms with Crippen LogP contribution in [0.4, 0.5) is 15.6 Å². The van der Waals surface area contributed by atoms with Crippen molar-refractivity contribution in [2.45, 2.75) is 26.8 Å². The number of hydrogen-bond donors (Lipinski definition) is 3. The number of nitrogens with zero attached hydrogens (tertiary/aromatic N) is 2. The number of hydrogen-bond acceptors (Lipinski definition) is 5. The first-order valence-corrected chi connectivity index (χ1v) is 9.59. The smallest absolute Gasteiger partial charge is 0.325 e. The van der Waals surface area contributed by atoms with E-state index in [2.05, 4.69) is 26.1 Å². The van der Waals surface area contributed by atoms with Gasteiger partial charge < -0.3 is 10.6 Å². The van der Waals surface area contributed by atoms with E-state index in [1.54, 1.807) is 0 Å². The number of benzene rings is 2. The zero-order valence-electron chi connectivity index (χ0n) is 15.7. The van der Waals surface area contributed by atoms with E-state index in [4.69, 9.17) is 0 Å². The highest BCUT2D eigenvalue weighted by Gasteiger charge is 2.12. The van der Waals surface area contributed by atoms with Crippen LogP contribution in [0.25, 0.3) is 0 Å². The predicted molar refractivity (Wildman–Crippen MR) is 110 cm³/mol. The second-order valence-electron chi connectivity index (χ2n) is 6.34. The number of anilines is 2. The van der Waals surface area contributed by atoms with E-state index < -0.39 is 6.03 Å². The molecule has 8 heteroatoms. The molecule has 28 heavy (non-hydrogen) atoms. The molecule has 0 aliphatic carbocycles. The van der Waals surface area contributed by atoms with E-state index in [9.17, 15) is 9.59 Å². The van der Waals surface area contributed by atoms with Crippen molar-refractivity contribution in [2.24, 2.45) is 0 Å². The van der Waals surface area contributed by atoms with Crippen molar-refractivity contribution >= 4 is 34.1 Å². The van der Waals surface area contributed by atoms with Gasteiger partial charge in [0.15, 0.2) is 0 Å². The number of amides is 3. The number of aryl methyl sites for hydroxylation is 2. The third-order valence-electron chi connectivity index (χ3n) is 3.97. The topological polar surface area (TPSA) is 96.0 Å². The zero-order valence-corrected chi connectivity index (χ0v) is 16.5. The summed E-state index contributed by atoms with van der Waals surface area (Å²) < 4.78 is 0. The Hall–Kier alpha value is -3.26. The number of carbonyl (C=O) groups is 2. The largest absolute Gasteiger partial charge is 0.352 e. The van der Waals surface area contributed by atoms with Gasteiger partial charge in [-0.3, -0.25) is 10.1 Å². The van der Waals surface area contributed by atoms with Gasteiger partial charge in [-0.2, -0.15) is 0 Å². The Labute approximate surface area is 167 Å². The molecule has 2 aromatic carbocycles. The van der Waals surface area contributed by atoms with Crippen molar-refractivity contribution in [1.29, 1.82) is 0 Å². The lowest BCUT2D eigenvalue weighted by Gasteiger charge is -2.09. The Kier molecular flexibility index (Phi) is 6.33. The van der Waals surface area contributed by atoms with Gasteiger partial charge in [0.25, 0.3) is 0 Å². The SMILES string of the molecule is Cc1ccc(C)c(NC(=O)Nc2nnc(CC(=O)NCc3ccccc3)s2)c1. The first-order chi connectivity index (χ1) is 13.5. The monoisotopic (exact) mass is 395 g/mol. The molecule has 0 radical (unpaired) electrons. The zero-order chi connectivity index (χ0) is 19.9. The molecule has 3 amide bonds. The Morgan fingerprint density at radius 3 is 2.57 bits per heavy atom. The molecule has 144 valence electrons. The lowest BCUT2D eigenvalue weighted by molar-refractivity contribution is -0.120. The fourth-order valence-corrected chi connectivity index (χ4v) is 3.23. The van der Waals surface area contributed by atoms with Crippen molar-refractivity contribution in [1.82, 2.24) is 15.5 Å². The molecule has 0 saturated carbocycles. The molecule has 3 aromatic rings. The minimum absolute atomic E-state index is 0.116. The molecule has 3 rings (SSSR count). The molecule has 3 N–H and O–H groups in total. The number of rotatable bonds is 6. The number of urea groups is 1. The van der Waals surface area contributed by atoms with Gasteiger partial charge in [0.1, 0.15) is 5.01 Å². The molecule has 0 aliphatic rings. The van der Waals surface area contributed by atoms with E-state index in [0.717, 1.165) is 22.4 Å². The van der Waals surface area contributed by atoms with Gasteiger partial charge in [0, 0.05) is 12.2 Å². The van der Waals surface area contributed by atoms with Gasteiger partial charge in [0.2, 0.25) is 11.0 Å². The maximum atomic E-state index is 12.2. The lowest BCUT2D eigenvalue weighted by Crippen LogP contribution is -2.24. The molecule has 0 atom stereocenters. The van der Waals surface area contributed by atoms with Gasteiger partial charge in [-0.05, 0) is 36.6 Å². The number of nitrogens with one attached hydrogen (secondary N) is 3. The highest BCUT2D eigenvalue weighted by Crippen LogP contribution is 2.19. The molecule has 7 nitrogen and oxygen atoms in total. The molecular weight excluding hydrogens is 374 g/mol. The normalized spacial score (nSPS) is 10.4. The lowest BCUT2D eigenvalue weighted by atomic mass is 10.1. The minimum atomic E-state index is -0.398. The standard InChI is InChI=1S/C20H21N5O2S/c1-13-8-9-14(2)16(10-13)22-19(27)23-20-25-24-18(28-20)11-17(26)21-12-15-6-4-3-5-7-15/h3-10H,11-12H2,1-2H3,(H,21,26)(H2,22,23,25,27). The van der Waals surface area contributed by atoms with Crippen molar-refractivity contribution in [3.63, 3.8) is 0 Å². The third kappa shape index (κ3) is 5.62. The Bertz CT molecular complexity index is 972. The highest BCUT2D eigenvalue weighted by molar-refractivity contribution is 7.15. The van der Waals surface area contributed by atoms with Crippen LogP contribution in [0.5, 0.6) is 0 Å². The fraction of sp³-hybridized carbons (Fsp3) is 0.200. The summed E-state index contributed by atoms with van der Waals surface area (Å²) in [6, 6.07) is 15.1. The van der Waals surface area contributed by atoms with Gasteiger partial charge >= 0.3 is 6.03 Å². The summed E-state index contributed by atoms with van der Waals surface area (Å²) in [6.45, 7) is 4.34. The summed E-state index contributed by atoms with van der Waals surface area (Å²) in [5.41, 5.74) is 3.79. The second-order valence-corrected chi connectivity index (χ2v) is 7.40. The van der Waals surface area contributed by atoms with Crippen LogP contribution in [-0.4, -0.2) is 22.1 Å². The Morgan fingerprint density at radius 1 is 1.00 bits per heavy atom. The average molecular weight is 395 g/mol. The Balaban J connectivity index is 1.50. The number of aromatic nitrogens is 2. The quantitative estimate of drug-likeness (QED) is 0.593. The van der Waals surface area contributed by atoms with Crippen LogP contribution < -0.4 is 16.0 Å². The Morgan fingerprint density at radius 2 is 1.79 bits per heavy atom. The van der Waals surface area contributed by atoms with Crippen molar-refractivity contribution in [3.8, 4) is 0 Å². The maximum Gasteiger partial charge on any atom is 0.325 e. The third-order valence-corrected chi connectivity index (χ3v) is 4.81. The van der Waals surface area contributed by atoms with Crippen LogP contribution in [-0.2, 0) is 17.8 Å². The average Bonchev–Trinajstić information content (AvgIpc) is 3.10. The van der Waals surface area contributed by atoms with Crippen LogP contribution in [0.3, 0.4) is 0 Å². The van der Waals surface area contributed by atoms with Crippen LogP contribution in [0.1, 0.15) is 21.7 Å².